The van der Waals surface area contributed by atoms with Crippen molar-refractivity contribution >= 4 is 100.0 Å². The van der Waals surface area contributed by atoms with Crippen molar-refractivity contribution in [2.24, 2.45) is 0 Å². The Bertz CT molecular complexity index is 130. The summed E-state index contributed by atoms with van der Waals surface area (Å²) in [4.78, 5) is 42.9. The predicted octanol–water partition coefficient (Wildman–Crippen LogP) is -7.36. The van der Waals surface area contributed by atoms with E-state index in [-0.39, 0.29) is 75.3 Å². The van der Waals surface area contributed by atoms with Crippen LogP contribution in [-0.4, -0.2) is 129 Å². The fraction of sp³-hybridized carbons (Fsp3) is 0. The van der Waals surface area contributed by atoms with E-state index in [2.05, 4.69) is 0 Å². The Labute approximate surface area is 143 Å². The van der Waals surface area contributed by atoms with Crippen molar-refractivity contribution < 1.29 is 45.0 Å². The molecule has 0 fully saturated rings. The average Bonchev–Trinajstić information content (AvgIpc) is 1.54. The van der Waals surface area contributed by atoms with E-state index < -0.39 is 27.5 Å². The van der Waals surface area contributed by atoms with E-state index in [4.69, 9.17) is 42.2 Å². The first-order valence-electron chi connectivity index (χ1n) is 1.95. The molecule has 0 bridgehead atoms. The van der Waals surface area contributed by atoms with Gasteiger partial charge in [-0.2, -0.15) is 0 Å². The molecule has 15 heavy (non-hydrogen) atoms. The summed E-state index contributed by atoms with van der Waals surface area (Å²) >= 11 is 0. The first-order chi connectivity index (χ1) is 5.20. The predicted molar refractivity (Wildman–Crippen MR) is 60.5 cm³/mol. The molecule has 9 nitrogen and oxygen atoms in total. The summed E-state index contributed by atoms with van der Waals surface area (Å²) in [6, 6.07) is 0. The fourth-order valence-corrected chi connectivity index (χ4v) is 0. The van der Waals surface area contributed by atoms with Crippen molar-refractivity contribution in [2.75, 3.05) is 0 Å². The van der Waals surface area contributed by atoms with Crippen LogP contribution < -0.4 is 0 Å². The Morgan fingerprint density at radius 2 is 0.600 bits per heavy atom. The monoisotopic (exact) mass is 336 g/mol. The molecular weight excluding hydrogens is 322 g/mol. The molecule has 0 atom stereocenters. The Morgan fingerprint density at radius 1 is 0.600 bits per heavy atom. The molecule has 0 aromatic carbocycles. The maximum atomic E-state index is 8.74. The van der Waals surface area contributed by atoms with Crippen molar-refractivity contribution in [2.45, 2.75) is 0 Å². The molecule has 0 spiro atoms. The van der Waals surface area contributed by atoms with Crippen LogP contribution in [-0.2, 0) is 13.4 Å². The molecule has 0 radical (unpaired) electrons. The van der Waals surface area contributed by atoms with Crippen LogP contribution in [0.25, 0.3) is 0 Å². The van der Waals surface area contributed by atoms with Crippen LogP contribution in [0.5, 0.6) is 0 Å². The van der Waals surface area contributed by atoms with Crippen molar-refractivity contribution in [1.82, 2.24) is 0 Å². The Balaban J connectivity index is -0.0000000104. The van der Waals surface area contributed by atoms with E-state index in [1.165, 1.54) is 0 Å². The second-order valence-electron chi connectivity index (χ2n) is 0.848. The summed E-state index contributed by atoms with van der Waals surface area (Å²) < 4.78 is 26.2. The van der Waals surface area contributed by atoms with Gasteiger partial charge in [0.2, 0.25) is 0 Å². The van der Waals surface area contributed by atoms with Crippen molar-refractivity contribution in [3.05, 3.63) is 0 Å². The summed E-state index contributed by atoms with van der Waals surface area (Å²) in [7, 11) is -9.39. The minimum absolute atomic E-state index is 0. The standard InChI is InChI=1S/2Al.Ca.3H2O3Si.8H/c;;;3*1-4(2)3;;;;;;;;/h;;;3*1-2H;;;;;;;;/q;;+2;;;;;;;;;;2*-1. The van der Waals surface area contributed by atoms with E-state index in [0.29, 0.717) is 0 Å². The zero-order valence-corrected chi connectivity index (χ0v) is 11.3. The maximum Gasteiger partial charge on any atom is 2.00 e. The van der Waals surface area contributed by atoms with Gasteiger partial charge in [-0.3, -0.25) is 13.4 Å². The quantitative estimate of drug-likeness (QED) is 0.235. The molecule has 0 aromatic rings. The molecule has 0 aliphatic rings. The SMILES string of the molecule is O=[Si](O)O.O=[Si](O)O.O=[Si](O)O.[AlH3].[AlH3].[Ca+2].[H-].[H-]. The van der Waals surface area contributed by atoms with E-state index >= 15 is 0 Å². The molecule has 0 unspecified atom stereocenters. The number of hydrogen-bond acceptors (Lipinski definition) is 3. The topological polar surface area (TPSA) is 173 Å². The van der Waals surface area contributed by atoms with E-state index in [1.54, 1.807) is 0 Å². The Hall–Kier alpha value is 1.18. The zero-order valence-electron chi connectivity index (χ0n) is 8.12. The smallest absolute Gasteiger partial charge is 1.00 e. The van der Waals surface area contributed by atoms with Crippen molar-refractivity contribution in [3.63, 3.8) is 0 Å². The zero-order chi connectivity index (χ0) is 10.7. The van der Waals surface area contributed by atoms with Crippen molar-refractivity contribution in [3.8, 4) is 0 Å². The van der Waals surface area contributed by atoms with Crippen LogP contribution in [0, 0.1) is 0 Å². The molecule has 0 rings (SSSR count). The van der Waals surface area contributed by atoms with Crippen molar-refractivity contribution in [1.29, 1.82) is 0 Å². The van der Waals surface area contributed by atoms with Gasteiger partial charge in [-0.25, -0.2) is 0 Å². The molecule has 0 saturated carbocycles. The average molecular weight is 336 g/mol. The summed E-state index contributed by atoms with van der Waals surface area (Å²) in [5, 5.41) is 0. The van der Waals surface area contributed by atoms with Crippen LogP contribution in [0.3, 0.4) is 0 Å². The number of rotatable bonds is 0. The molecule has 15 heteroatoms. The van der Waals surface area contributed by atoms with E-state index in [1.807, 2.05) is 0 Å². The number of hydrogen-bond donors (Lipinski definition) is 6. The first kappa shape index (κ1) is 36.0. The molecule has 0 aromatic heterocycles. The molecule has 0 amide bonds. The van der Waals surface area contributed by atoms with E-state index in [9.17, 15) is 0 Å². The van der Waals surface area contributed by atoms with Gasteiger partial charge in [0, 0.05) is 0 Å². The van der Waals surface area contributed by atoms with Gasteiger partial charge in [-0.15, -0.1) is 0 Å². The molecule has 0 aliphatic heterocycles. The second-order valence-corrected chi connectivity index (χ2v) is 2.54. The van der Waals surface area contributed by atoms with E-state index in [0.717, 1.165) is 0 Å². The fourth-order valence-electron chi connectivity index (χ4n) is 0. The van der Waals surface area contributed by atoms with Gasteiger partial charge in [-0.1, -0.05) is 0 Å². The third-order valence-corrected chi connectivity index (χ3v) is 0. The molecule has 0 aliphatic carbocycles. The summed E-state index contributed by atoms with van der Waals surface area (Å²) in [5.74, 6) is 0. The first-order valence-corrected chi connectivity index (χ1v) is 5.86. The van der Waals surface area contributed by atoms with Crippen LogP contribution in [0.1, 0.15) is 2.85 Å². The van der Waals surface area contributed by atoms with Crippen LogP contribution in [0.4, 0.5) is 0 Å². The second kappa shape index (κ2) is 29.5. The minimum atomic E-state index is -3.13. The minimum Gasteiger partial charge on any atom is -1.00 e. The molecule has 0 saturated heterocycles. The summed E-state index contributed by atoms with van der Waals surface area (Å²) in [5.41, 5.74) is 0. The Morgan fingerprint density at radius 3 is 0.600 bits per heavy atom. The normalized spacial score (nSPS) is 4.80. The van der Waals surface area contributed by atoms with Gasteiger partial charge < -0.3 is 31.6 Å². The van der Waals surface area contributed by atoms with Crippen LogP contribution >= 0.6 is 0 Å². The third kappa shape index (κ3) is 1910. The maximum absolute atomic E-state index is 8.74. The Kier molecular flexibility index (Phi) is 70.6. The summed E-state index contributed by atoms with van der Waals surface area (Å²) in [6.07, 6.45) is 0. The largest absolute Gasteiger partial charge is 2.00 e. The van der Waals surface area contributed by atoms with Gasteiger partial charge in [0.1, 0.15) is 0 Å². The summed E-state index contributed by atoms with van der Waals surface area (Å²) in [6.45, 7) is 0. The molecule has 6 N–H and O–H groups in total. The van der Waals surface area contributed by atoms with Gasteiger partial charge in [0.05, 0.1) is 0 Å². The molecule has 88 valence electrons. The van der Waals surface area contributed by atoms with Crippen LogP contribution in [0.15, 0.2) is 0 Å². The third-order valence-electron chi connectivity index (χ3n) is 0. The van der Waals surface area contributed by atoms with Crippen LogP contribution in [0.2, 0.25) is 0 Å². The van der Waals surface area contributed by atoms with Gasteiger partial charge in [0.15, 0.2) is 34.7 Å². The molecule has 0 heterocycles. The van der Waals surface area contributed by atoms with Gasteiger partial charge in [0.25, 0.3) is 0 Å². The van der Waals surface area contributed by atoms with Gasteiger partial charge in [-0.05, 0) is 0 Å². The van der Waals surface area contributed by atoms with Gasteiger partial charge >= 0.3 is 65.2 Å². The molecular formula is H14Al2CaO9Si3.